The maximum absolute atomic E-state index is 12.7. The lowest BCUT2D eigenvalue weighted by atomic mass is 9.82. The first kappa shape index (κ1) is 21.9. The van der Waals surface area contributed by atoms with Gasteiger partial charge in [0, 0.05) is 51.4 Å². The maximum atomic E-state index is 12.7. The molecule has 1 aromatic carbocycles. The number of hydrogen-bond donors (Lipinski definition) is 1. The van der Waals surface area contributed by atoms with Gasteiger partial charge in [-0.15, -0.1) is 0 Å². The Kier molecular flexibility index (Phi) is 6.21. The number of furan rings is 1. The number of piperidine rings is 1. The molecule has 2 amide bonds. The van der Waals surface area contributed by atoms with Gasteiger partial charge in [-0.25, -0.2) is 0 Å². The van der Waals surface area contributed by atoms with Crippen LogP contribution in [0.1, 0.15) is 49.2 Å². The van der Waals surface area contributed by atoms with Crippen molar-refractivity contribution in [3.63, 3.8) is 0 Å². The molecule has 1 N–H and O–H groups in total. The minimum atomic E-state index is -0.590. The van der Waals surface area contributed by atoms with Crippen LogP contribution >= 0.6 is 0 Å². The quantitative estimate of drug-likeness (QED) is 0.742. The molecule has 1 atom stereocenters. The summed E-state index contributed by atoms with van der Waals surface area (Å²) in [6, 6.07) is 8.61. The molecule has 0 saturated carbocycles. The number of nitrogens with one attached hydrogen (secondary N) is 1. The number of nitrogens with zero attached hydrogens (tertiary/aromatic N) is 1. The number of likely N-dealkylation sites (tertiary alicyclic amines) is 1. The van der Waals surface area contributed by atoms with E-state index in [1.165, 1.54) is 0 Å². The largest absolute Gasteiger partial charge is 0.486 e. The smallest absolute Gasteiger partial charge is 0.258 e. The van der Waals surface area contributed by atoms with Crippen LogP contribution in [0.5, 0.6) is 11.5 Å². The zero-order valence-corrected chi connectivity index (χ0v) is 18.4. The third-order valence-electron chi connectivity index (χ3n) is 6.05. The molecular weight excluding hydrogens is 412 g/mol. The summed E-state index contributed by atoms with van der Waals surface area (Å²) in [6.45, 7) is 4.45. The van der Waals surface area contributed by atoms with E-state index in [2.05, 4.69) is 5.32 Å². The predicted molar refractivity (Wildman–Crippen MR) is 116 cm³/mol. The van der Waals surface area contributed by atoms with E-state index in [-0.39, 0.29) is 30.2 Å². The van der Waals surface area contributed by atoms with Gasteiger partial charge in [0.2, 0.25) is 5.91 Å². The van der Waals surface area contributed by atoms with E-state index in [0.29, 0.717) is 55.8 Å². The third-order valence-corrected chi connectivity index (χ3v) is 6.05. The number of ketones is 1. The summed E-state index contributed by atoms with van der Waals surface area (Å²) in [5.74, 6) is 1.56. The predicted octanol–water partition coefficient (Wildman–Crippen LogP) is 2.75. The number of carbonyl (C=O) groups is 3. The van der Waals surface area contributed by atoms with Crippen molar-refractivity contribution in [2.24, 2.45) is 0 Å². The van der Waals surface area contributed by atoms with E-state index >= 15 is 0 Å². The molecule has 2 aliphatic heterocycles. The summed E-state index contributed by atoms with van der Waals surface area (Å²) in [5.41, 5.74) is -0.0682. The molecule has 0 bridgehead atoms. The van der Waals surface area contributed by atoms with Crippen LogP contribution in [0.4, 0.5) is 0 Å². The summed E-state index contributed by atoms with van der Waals surface area (Å²) in [7, 11) is 0. The van der Waals surface area contributed by atoms with Crippen LogP contribution in [-0.4, -0.2) is 53.8 Å². The van der Waals surface area contributed by atoms with E-state index < -0.39 is 5.60 Å². The van der Waals surface area contributed by atoms with Gasteiger partial charge in [-0.05, 0) is 31.2 Å². The first-order chi connectivity index (χ1) is 15.3. The Hall–Kier alpha value is -3.29. The van der Waals surface area contributed by atoms with Gasteiger partial charge in [0.1, 0.15) is 22.9 Å². The summed E-state index contributed by atoms with van der Waals surface area (Å²) < 4.78 is 17.2. The fourth-order valence-electron chi connectivity index (χ4n) is 4.32. The van der Waals surface area contributed by atoms with Crippen LogP contribution in [0, 0.1) is 0 Å². The van der Waals surface area contributed by atoms with Crippen LogP contribution < -0.4 is 14.8 Å². The molecule has 8 nitrogen and oxygen atoms in total. The normalized spacial score (nSPS) is 17.9. The Morgan fingerprint density at radius 1 is 1.25 bits per heavy atom. The van der Waals surface area contributed by atoms with Crippen molar-refractivity contribution in [3.8, 4) is 11.5 Å². The van der Waals surface area contributed by atoms with Gasteiger partial charge >= 0.3 is 0 Å². The molecule has 0 aliphatic carbocycles. The minimum Gasteiger partial charge on any atom is -0.486 e. The molecule has 0 radical (unpaired) electrons. The maximum Gasteiger partial charge on any atom is 0.258 e. The highest BCUT2D eigenvalue weighted by molar-refractivity contribution is 6.00. The lowest BCUT2D eigenvalue weighted by Gasteiger charge is -2.43. The summed E-state index contributed by atoms with van der Waals surface area (Å²) in [4.78, 5) is 38.4. The highest BCUT2D eigenvalue weighted by Crippen LogP contribution is 2.40. The lowest BCUT2D eigenvalue weighted by Crippen LogP contribution is -2.51. The molecule has 170 valence electrons. The SMILES string of the molecule is CC(=O)N1CCC2(CC1)CC(=O)c1ccc(OCC(=O)N[C@@H](C)Cc3ccco3)cc1O2. The Morgan fingerprint density at radius 2 is 2.03 bits per heavy atom. The first-order valence-electron chi connectivity index (χ1n) is 10.9. The van der Waals surface area contributed by atoms with Crippen LogP contribution in [0.15, 0.2) is 41.0 Å². The van der Waals surface area contributed by atoms with Gasteiger partial charge in [0.25, 0.3) is 5.91 Å². The fraction of sp³-hybridized carbons (Fsp3) is 0.458. The summed E-state index contributed by atoms with van der Waals surface area (Å²) in [5, 5.41) is 2.88. The molecule has 8 heteroatoms. The van der Waals surface area contributed by atoms with Gasteiger partial charge in [0.15, 0.2) is 12.4 Å². The second-order valence-electron chi connectivity index (χ2n) is 8.59. The van der Waals surface area contributed by atoms with Gasteiger partial charge in [0.05, 0.1) is 18.2 Å². The molecule has 0 unspecified atom stereocenters. The molecule has 1 aromatic heterocycles. The summed E-state index contributed by atoms with van der Waals surface area (Å²) in [6.07, 6.45) is 3.73. The zero-order chi connectivity index (χ0) is 22.7. The lowest BCUT2D eigenvalue weighted by molar-refractivity contribution is -0.132. The standard InChI is InChI=1S/C24H28N2O6/c1-16(12-18-4-3-11-30-18)25-23(29)15-31-19-5-6-20-21(28)14-24(32-22(20)13-19)7-9-26(10-8-24)17(2)27/h3-6,11,13,16H,7-10,12,14-15H2,1-2H3,(H,25,29)/t16-/m0/s1. The van der Waals surface area contributed by atoms with Crippen LogP contribution in [-0.2, 0) is 16.0 Å². The van der Waals surface area contributed by atoms with E-state index in [4.69, 9.17) is 13.9 Å². The molecule has 1 saturated heterocycles. The Labute approximate surface area is 186 Å². The second-order valence-corrected chi connectivity index (χ2v) is 8.59. The Morgan fingerprint density at radius 3 is 2.72 bits per heavy atom. The van der Waals surface area contributed by atoms with Crippen molar-refractivity contribution in [3.05, 3.63) is 47.9 Å². The molecule has 32 heavy (non-hydrogen) atoms. The van der Waals surface area contributed by atoms with Crippen LogP contribution in [0.3, 0.4) is 0 Å². The number of Topliss-reactive ketones (excluding diaryl/α,β-unsaturated/α-hetero) is 1. The molecule has 2 aliphatic rings. The molecule has 2 aromatic rings. The van der Waals surface area contributed by atoms with E-state index in [1.54, 1.807) is 36.3 Å². The van der Waals surface area contributed by atoms with E-state index in [9.17, 15) is 14.4 Å². The number of rotatable bonds is 6. The van der Waals surface area contributed by atoms with Gasteiger partial charge in [-0.2, -0.15) is 0 Å². The Balaban J connectivity index is 1.35. The van der Waals surface area contributed by atoms with Gasteiger partial charge in [-0.1, -0.05) is 0 Å². The molecule has 3 heterocycles. The molecular formula is C24H28N2O6. The highest BCUT2D eigenvalue weighted by Gasteiger charge is 2.43. The van der Waals surface area contributed by atoms with E-state index in [1.807, 2.05) is 19.1 Å². The molecule has 4 rings (SSSR count). The Bertz CT molecular complexity index is 992. The average molecular weight is 440 g/mol. The summed E-state index contributed by atoms with van der Waals surface area (Å²) >= 11 is 0. The third kappa shape index (κ3) is 4.95. The minimum absolute atomic E-state index is 0.0265. The van der Waals surface area contributed by atoms with Crippen molar-refractivity contribution in [1.82, 2.24) is 10.2 Å². The monoisotopic (exact) mass is 440 g/mol. The van der Waals surface area contributed by atoms with Crippen molar-refractivity contribution < 1.29 is 28.3 Å². The van der Waals surface area contributed by atoms with Crippen LogP contribution in [0.25, 0.3) is 0 Å². The van der Waals surface area contributed by atoms with Crippen molar-refractivity contribution in [2.75, 3.05) is 19.7 Å². The first-order valence-corrected chi connectivity index (χ1v) is 10.9. The fourth-order valence-corrected chi connectivity index (χ4v) is 4.32. The zero-order valence-electron chi connectivity index (χ0n) is 18.4. The van der Waals surface area contributed by atoms with Gasteiger partial charge in [-0.3, -0.25) is 14.4 Å². The van der Waals surface area contributed by atoms with Crippen LogP contribution in [0.2, 0.25) is 0 Å². The van der Waals surface area contributed by atoms with Crippen molar-refractivity contribution in [1.29, 1.82) is 0 Å². The molecule has 1 fully saturated rings. The number of benzene rings is 1. The topological polar surface area (TPSA) is 98.1 Å². The highest BCUT2D eigenvalue weighted by atomic mass is 16.5. The van der Waals surface area contributed by atoms with Gasteiger partial charge < -0.3 is 24.1 Å². The number of fused-ring (bicyclic) bond motifs is 1. The number of ether oxygens (including phenoxy) is 2. The van der Waals surface area contributed by atoms with E-state index in [0.717, 1.165) is 5.76 Å². The number of amides is 2. The second kappa shape index (κ2) is 9.06. The van der Waals surface area contributed by atoms with Crippen molar-refractivity contribution >= 4 is 17.6 Å². The number of carbonyl (C=O) groups excluding carboxylic acids is 3. The average Bonchev–Trinajstić information content (AvgIpc) is 3.25. The molecule has 1 spiro atoms. The van der Waals surface area contributed by atoms with Crippen molar-refractivity contribution in [2.45, 2.75) is 51.2 Å². The number of hydrogen-bond acceptors (Lipinski definition) is 6.